The number of hydrogen-bond donors (Lipinski definition) is 2. The van der Waals surface area contributed by atoms with Crippen molar-refractivity contribution in [3.8, 4) is 6.07 Å². The number of hydrogen-bond acceptors (Lipinski definition) is 3. The van der Waals surface area contributed by atoms with Crippen molar-refractivity contribution >= 4 is 0 Å². The van der Waals surface area contributed by atoms with Crippen LogP contribution in [-0.4, -0.2) is 17.8 Å². The first-order valence-electron chi connectivity index (χ1n) is 5.20. The molecular weight excluding hydrogens is 207 g/mol. The van der Waals surface area contributed by atoms with Gasteiger partial charge in [-0.2, -0.15) is 5.26 Å². The minimum absolute atomic E-state index is 0.115. The standard InChI is InChI=1S/C12H15FN2O/c1-9(4-5-16)15-8-11-3-2-10(7-14)6-12(11)13/h2-3,6,9,15-16H,4-5,8H2,1H3. The summed E-state index contributed by atoms with van der Waals surface area (Å²) in [5.74, 6) is -0.372. The monoisotopic (exact) mass is 222 g/mol. The van der Waals surface area contributed by atoms with Crippen molar-refractivity contribution in [3.05, 3.63) is 35.1 Å². The van der Waals surface area contributed by atoms with Crippen LogP contribution in [0.25, 0.3) is 0 Å². The molecule has 0 radical (unpaired) electrons. The van der Waals surface area contributed by atoms with E-state index in [1.165, 1.54) is 6.07 Å². The van der Waals surface area contributed by atoms with Gasteiger partial charge in [0.2, 0.25) is 0 Å². The minimum Gasteiger partial charge on any atom is -0.396 e. The van der Waals surface area contributed by atoms with Gasteiger partial charge in [0.15, 0.2) is 0 Å². The molecule has 1 unspecified atom stereocenters. The van der Waals surface area contributed by atoms with Gasteiger partial charge >= 0.3 is 0 Å². The first-order chi connectivity index (χ1) is 7.67. The van der Waals surface area contributed by atoms with E-state index >= 15 is 0 Å². The van der Waals surface area contributed by atoms with Gasteiger partial charge in [-0.3, -0.25) is 0 Å². The summed E-state index contributed by atoms with van der Waals surface area (Å²) >= 11 is 0. The summed E-state index contributed by atoms with van der Waals surface area (Å²) < 4.78 is 13.4. The lowest BCUT2D eigenvalue weighted by Gasteiger charge is -2.12. The van der Waals surface area contributed by atoms with Gasteiger partial charge < -0.3 is 10.4 Å². The topological polar surface area (TPSA) is 56.0 Å². The maximum atomic E-state index is 13.4. The maximum Gasteiger partial charge on any atom is 0.129 e. The largest absolute Gasteiger partial charge is 0.396 e. The summed E-state index contributed by atoms with van der Waals surface area (Å²) in [6, 6.07) is 6.45. The molecule has 0 saturated carbocycles. The van der Waals surface area contributed by atoms with Crippen molar-refractivity contribution in [1.82, 2.24) is 5.32 Å². The van der Waals surface area contributed by atoms with Gasteiger partial charge in [0.05, 0.1) is 11.6 Å². The predicted octanol–water partition coefficient (Wildman–Crippen LogP) is 1.56. The van der Waals surface area contributed by atoms with Crippen LogP contribution in [0.15, 0.2) is 18.2 Å². The zero-order valence-corrected chi connectivity index (χ0v) is 9.20. The van der Waals surface area contributed by atoms with Crippen LogP contribution >= 0.6 is 0 Å². The van der Waals surface area contributed by atoms with E-state index in [1.807, 2.05) is 13.0 Å². The molecule has 86 valence electrons. The van der Waals surface area contributed by atoms with Crippen LogP contribution in [0.1, 0.15) is 24.5 Å². The number of aliphatic hydroxyl groups is 1. The van der Waals surface area contributed by atoms with E-state index in [2.05, 4.69) is 5.32 Å². The average Bonchev–Trinajstić information content (AvgIpc) is 2.27. The molecule has 3 nitrogen and oxygen atoms in total. The molecule has 4 heteroatoms. The van der Waals surface area contributed by atoms with Gasteiger partial charge in [0.1, 0.15) is 5.82 Å². The van der Waals surface area contributed by atoms with Crippen LogP contribution in [-0.2, 0) is 6.54 Å². The van der Waals surface area contributed by atoms with Crippen LogP contribution in [0.2, 0.25) is 0 Å². The lowest BCUT2D eigenvalue weighted by atomic mass is 10.1. The number of nitrogens with one attached hydrogen (secondary N) is 1. The number of nitriles is 1. The predicted molar refractivity (Wildman–Crippen MR) is 59.1 cm³/mol. The molecule has 2 N–H and O–H groups in total. The molecule has 0 spiro atoms. The van der Waals surface area contributed by atoms with E-state index in [0.717, 1.165) is 0 Å². The lowest BCUT2D eigenvalue weighted by Crippen LogP contribution is -2.26. The van der Waals surface area contributed by atoms with Crippen molar-refractivity contribution < 1.29 is 9.50 Å². The molecule has 1 aromatic carbocycles. The summed E-state index contributed by atoms with van der Waals surface area (Å²) in [6.07, 6.45) is 0.637. The first-order valence-corrected chi connectivity index (χ1v) is 5.20. The highest BCUT2D eigenvalue weighted by atomic mass is 19.1. The third kappa shape index (κ3) is 3.61. The van der Waals surface area contributed by atoms with Crippen molar-refractivity contribution in [2.45, 2.75) is 25.9 Å². The van der Waals surface area contributed by atoms with Gasteiger partial charge in [-0.15, -0.1) is 0 Å². The average molecular weight is 222 g/mol. The molecule has 0 saturated heterocycles. The molecule has 1 rings (SSSR count). The van der Waals surface area contributed by atoms with E-state index in [1.54, 1.807) is 12.1 Å². The van der Waals surface area contributed by atoms with Crippen LogP contribution in [0, 0.1) is 17.1 Å². The molecule has 0 aliphatic heterocycles. The Morgan fingerprint density at radius 1 is 1.56 bits per heavy atom. The number of benzene rings is 1. The molecule has 0 aliphatic carbocycles. The molecule has 0 fully saturated rings. The fourth-order valence-electron chi connectivity index (χ4n) is 1.34. The third-order valence-corrected chi connectivity index (χ3v) is 2.39. The second-order valence-corrected chi connectivity index (χ2v) is 3.71. The van der Waals surface area contributed by atoms with Crippen molar-refractivity contribution in [1.29, 1.82) is 5.26 Å². The Balaban J connectivity index is 2.58. The van der Waals surface area contributed by atoms with Crippen molar-refractivity contribution in [2.75, 3.05) is 6.61 Å². The Morgan fingerprint density at radius 3 is 2.88 bits per heavy atom. The Labute approximate surface area is 94.5 Å². The molecule has 0 heterocycles. The molecule has 0 aromatic heterocycles. The minimum atomic E-state index is -0.372. The summed E-state index contributed by atoms with van der Waals surface area (Å²) in [7, 11) is 0. The van der Waals surface area contributed by atoms with Gasteiger partial charge in [0.25, 0.3) is 0 Å². The van der Waals surface area contributed by atoms with E-state index in [9.17, 15) is 4.39 Å². The zero-order chi connectivity index (χ0) is 12.0. The molecule has 0 bridgehead atoms. The zero-order valence-electron chi connectivity index (χ0n) is 9.20. The first kappa shape index (κ1) is 12.6. The van der Waals surface area contributed by atoms with Gasteiger partial charge in [-0.25, -0.2) is 4.39 Å². The highest BCUT2D eigenvalue weighted by Gasteiger charge is 2.05. The molecule has 16 heavy (non-hydrogen) atoms. The van der Waals surface area contributed by atoms with Crippen LogP contribution in [0.5, 0.6) is 0 Å². The van der Waals surface area contributed by atoms with E-state index in [4.69, 9.17) is 10.4 Å². The van der Waals surface area contributed by atoms with Gasteiger partial charge in [-0.05, 0) is 25.5 Å². The summed E-state index contributed by atoms with van der Waals surface area (Å²) in [6.45, 7) is 2.44. The fourth-order valence-corrected chi connectivity index (χ4v) is 1.34. The molecule has 1 atom stereocenters. The molecular formula is C12H15FN2O. The van der Waals surface area contributed by atoms with Crippen LogP contribution in [0.3, 0.4) is 0 Å². The second-order valence-electron chi connectivity index (χ2n) is 3.71. The normalized spacial score (nSPS) is 12.1. The Hall–Kier alpha value is -1.44. The van der Waals surface area contributed by atoms with Crippen molar-refractivity contribution in [2.24, 2.45) is 0 Å². The summed E-state index contributed by atoms with van der Waals surface area (Å²) in [5, 5.41) is 20.4. The molecule has 0 aliphatic rings. The third-order valence-electron chi connectivity index (χ3n) is 2.39. The fraction of sp³-hybridized carbons (Fsp3) is 0.417. The Bertz CT molecular complexity index is 387. The maximum absolute atomic E-state index is 13.4. The van der Waals surface area contributed by atoms with Crippen LogP contribution < -0.4 is 5.32 Å². The van der Waals surface area contributed by atoms with Crippen molar-refractivity contribution in [3.63, 3.8) is 0 Å². The molecule has 0 amide bonds. The summed E-state index contributed by atoms with van der Waals surface area (Å²) in [4.78, 5) is 0. The number of halogens is 1. The van der Waals surface area contributed by atoms with Crippen LogP contribution in [0.4, 0.5) is 4.39 Å². The Morgan fingerprint density at radius 2 is 2.31 bits per heavy atom. The van der Waals surface area contributed by atoms with Gasteiger partial charge in [-0.1, -0.05) is 6.07 Å². The molecule has 1 aromatic rings. The number of aliphatic hydroxyl groups excluding tert-OH is 1. The highest BCUT2D eigenvalue weighted by Crippen LogP contribution is 2.10. The van der Waals surface area contributed by atoms with E-state index in [0.29, 0.717) is 24.1 Å². The van der Waals surface area contributed by atoms with E-state index in [-0.39, 0.29) is 18.5 Å². The van der Waals surface area contributed by atoms with Gasteiger partial charge in [0, 0.05) is 24.8 Å². The smallest absolute Gasteiger partial charge is 0.129 e. The second kappa shape index (κ2) is 6.21. The lowest BCUT2D eigenvalue weighted by molar-refractivity contribution is 0.268. The highest BCUT2D eigenvalue weighted by molar-refractivity contribution is 5.32. The number of nitrogens with zero attached hydrogens (tertiary/aromatic N) is 1. The summed E-state index contributed by atoms with van der Waals surface area (Å²) in [5.41, 5.74) is 0.855. The SMILES string of the molecule is CC(CCO)NCc1ccc(C#N)cc1F. The van der Waals surface area contributed by atoms with E-state index < -0.39 is 0 Å². The Kier molecular flexibility index (Phi) is 4.90. The number of rotatable bonds is 5. The quantitative estimate of drug-likeness (QED) is 0.794.